The Morgan fingerprint density at radius 3 is 2.14 bits per heavy atom. The molecule has 3 aromatic rings. The van der Waals surface area contributed by atoms with E-state index in [1.54, 1.807) is 56.3 Å². The van der Waals surface area contributed by atoms with E-state index in [2.05, 4.69) is 5.32 Å². The topological polar surface area (TPSA) is 96.0 Å². The molecule has 12 heteroatoms. The summed E-state index contributed by atoms with van der Waals surface area (Å²) in [7, 11) is -4.30. The highest BCUT2D eigenvalue weighted by atomic mass is 35.5. The number of rotatable bonds is 14. The smallest absolute Gasteiger partial charge is 0.264 e. The second kappa shape index (κ2) is 15.5. The quantitative estimate of drug-likeness (QED) is 0.212. The van der Waals surface area contributed by atoms with Crippen LogP contribution in [0.2, 0.25) is 15.1 Å². The highest BCUT2D eigenvalue weighted by molar-refractivity contribution is 7.92. The number of hydrogen-bond acceptors (Lipinski definition) is 5. The maximum atomic E-state index is 14.2. The molecule has 226 valence electrons. The van der Waals surface area contributed by atoms with E-state index in [0.29, 0.717) is 33.6 Å². The normalized spacial score (nSPS) is 12.0. The molecular weight excluding hydrogens is 621 g/mol. The molecule has 0 aliphatic carbocycles. The Balaban J connectivity index is 2.14. The van der Waals surface area contributed by atoms with Crippen LogP contribution in [0.3, 0.4) is 0 Å². The van der Waals surface area contributed by atoms with Gasteiger partial charge in [-0.2, -0.15) is 0 Å². The third kappa shape index (κ3) is 8.10. The van der Waals surface area contributed by atoms with Gasteiger partial charge in [0, 0.05) is 33.7 Å². The summed E-state index contributed by atoms with van der Waals surface area (Å²) in [5.74, 6) is -0.718. The van der Waals surface area contributed by atoms with Gasteiger partial charge in [-0.05, 0) is 68.3 Å². The molecule has 0 bridgehead atoms. The summed E-state index contributed by atoms with van der Waals surface area (Å²) in [5.41, 5.74) is 0.611. The van der Waals surface area contributed by atoms with Crippen molar-refractivity contribution in [2.45, 2.75) is 51.1 Å². The fourth-order valence-corrected chi connectivity index (χ4v) is 6.39. The molecule has 0 spiro atoms. The van der Waals surface area contributed by atoms with Crippen molar-refractivity contribution in [1.29, 1.82) is 0 Å². The van der Waals surface area contributed by atoms with Gasteiger partial charge in [0.2, 0.25) is 11.8 Å². The number of amides is 2. The minimum Gasteiger partial charge on any atom is -0.492 e. The molecular formula is C30H34Cl3N3O5S. The Morgan fingerprint density at radius 2 is 1.55 bits per heavy atom. The highest BCUT2D eigenvalue weighted by Crippen LogP contribution is 2.34. The molecule has 1 unspecified atom stereocenters. The van der Waals surface area contributed by atoms with Crippen LogP contribution < -0.4 is 14.4 Å². The lowest BCUT2D eigenvalue weighted by Crippen LogP contribution is -2.52. The number of carbonyl (C=O) groups excluding carboxylic acids is 2. The van der Waals surface area contributed by atoms with Crippen LogP contribution in [-0.2, 0) is 26.2 Å². The van der Waals surface area contributed by atoms with Crippen molar-refractivity contribution in [2.75, 3.05) is 24.0 Å². The number of ether oxygens (including phenoxy) is 1. The van der Waals surface area contributed by atoms with E-state index < -0.39 is 28.5 Å². The van der Waals surface area contributed by atoms with Crippen molar-refractivity contribution in [1.82, 2.24) is 10.2 Å². The third-order valence-electron chi connectivity index (χ3n) is 6.44. The number of sulfonamides is 1. The first kappa shape index (κ1) is 33.5. The number of carbonyl (C=O) groups is 2. The largest absolute Gasteiger partial charge is 0.492 e. The van der Waals surface area contributed by atoms with Crippen molar-refractivity contribution < 1.29 is 22.7 Å². The van der Waals surface area contributed by atoms with Crippen LogP contribution >= 0.6 is 34.8 Å². The lowest BCUT2D eigenvalue weighted by atomic mass is 10.1. The fraction of sp³-hybridized carbons (Fsp3) is 0.333. The zero-order valence-corrected chi connectivity index (χ0v) is 26.7. The van der Waals surface area contributed by atoms with Crippen LogP contribution in [0.25, 0.3) is 0 Å². The Kier molecular flexibility index (Phi) is 12.4. The Labute approximate surface area is 262 Å². The summed E-state index contributed by atoms with van der Waals surface area (Å²) >= 11 is 18.9. The summed E-state index contributed by atoms with van der Waals surface area (Å²) in [6.45, 7) is 5.41. The van der Waals surface area contributed by atoms with Crippen molar-refractivity contribution in [2.24, 2.45) is 0 Å². The second-order valence-corrected chi connectivity index (χ2v) is 12.4. The molecule has 42 heavy (non-hydrogen) atoms. The SMILES string of the molecule is CCCNC(=O)C(CC)N(Cc1c(Cl)cccc1Cl)C(=O)CN(c1ccccc1OCC)S(=O)(=O)c1ccc(Cl)cc1. The number of anilines is 1. The number of nitrogens with one attached hydrogen (secondary N) is 1. The van der Waals surface area contributed by atoms with Crippen LogP contribution in [0.4, 0.5) is 5.69 Å². The Bertz CT molecular complexity index is 1470. The van der Waals surface area contributed by atoms with E-state index >= 15 is 0 Å². The average Bonchev–Trinajstić information content (AvgIpc) is 2.96. The van der Waals surface area contributed by atoms with Crippen LogP contribution in [0, 0.1) is 0 Å². The highest BCUT2D eigenvalue weighted by Gasteiger charge is 2.35. The fourth-order valence-electron chi connectivity index (χ4n) is 4.33. The third-order valence-corrected chi connectivity index (χ3v) is 9.17. The molecule has 0 saturated heterocycles. The zero-order chi connectivity index (χ0) is 30.9. The standard InChI is InChI=1S/C30H34Cl3N3O5S/c1-4-18-34-30(38)26(5-2)35(19-23-24(32)10-9-11-25(23)33)29(37)20-36(27-12-7-8-13-28(27)41-6-3)42(39,40)22-16-14-21(31)15-17-22/h7-17,26H,4-6,18-20H2,1-3H3,(H,34,38). The molecule has 2 amide bonds. The van der Waals surface area contributed by atoms with Gasteiger partial charge < -0.3 is 15.0 Å². The number of para-hydroxylation sites is 2. The molecule has 3 aromatic carbocycles. The van der Waals surface area contributed by atoms with E-state index in [1.165, 1.54) is 29.2 Å². The van der Waals surface area contributed by atoms with Gasteiger partial charge in [0.25, 0.3) is 10.0 Å². The van der Waals surface area contributed by atoms with E-state index in [4.69, 9.17) is 39.5 Å². The van der Waals surface area contributed by atoms with Crippen LogP contribution in [0.5, 0.6) is 5.75 Å². The first-order valence-corrected chi connectivity index (χ1v) is 16.1. The van der Waals surface area contributed by atoms with E-state index in [1.807, 2.05) is 6.92 Å². The van der Waals surface area contributed by atoms with Gasteiger partial charge in [0.05, 0.1) is 17.2 Å². The molecule has 0 aliphatic rings. The summed E-state index contributed by atoms with van der Waals surface area (Å²) in [5, 5.41) is 3.83. The second-order valence-electron chi connectivity index (χ2n) is 9.30. The molecule has 0 saturated carbocycles. The van der Waals surface area contributed by atoms with Gasteiger partial charge in [-0.15, -0.1) is 0 Å². The number of hydrogen-bond donors (Lipinski definition) is 1. The van der Waals surface area contributed by atoms with E-state index in [-0.39, 0.29) is 41.8 Å². The van der Waals surface area contributed by atoms with Gasteiger partial charge in [-0.25, -0.2) is 8.42 Å². The van der Waals surface area contributed by atoms with Gasteiger partial charge in [-0.3, -0.25) is 13.9 Å². The maximum absolute atomic E-state index is 14.2. The first-order valence-electron chi connectivity index (χ1n) is 13.5. The molecule has 1 N–H and O–H groups in total. The summed E-state index contributed by atoms with van der Waals surface area (Å²) in [6.07, 6.45) is 0.969. The molecule has 0 aliphatic heterocycles. The first-order chi connectivity index (χ1) is 20.0. The summed E-state index contributed by atoms with van der Waals surface area (Å²) in [6, 6.07) is 16.2. The van der Waals surface area contributed by atoms with Crippen molar-refractivity contribution in [3.05, 3.63) is 87.4 Å². The van der Waals surface area contributed by atoms with Crippen LogP contribution in [0.15, 0.2) is 71.6 Å². The summed E-state index contributed by atoms with van der Waals surface area (Å²) < 4.78 is 34.9. The molecule has 1 atom stereocenters. The molecule has 8 nitrogen and oxygen atoms in total. The van der Waals surface area contributed by atoms with Crippen LogP contribution in [-0.4, -0.2) is 50.9 Å². The molecule has 0 aromatic heterocycles. The maximum Gasteiger partial charge on any atom is 0.264 e. The molecule has 0 heterocycles. The molecule has 0 fully saturated rings. The van der Waals surface area contributed by atoms with E-state index in [0.717, 1.165) is 4.31 Å². The minimum atomic E-state index is -4.30. The van der Waals surface area contributed by atoms with Crippen LogP contribution in [0.1, 0.15) is 39.2 Å². The average molecular weight is 655 g/mol. The van der Waals surface area contributed by atoms with Gasteiger partial charge >= 0.3 is 0 Å². The molecule has 0 radical (unpaired) electrons. The minimum absolute atomic E-state index is 0.0700. The molecule has 3 rings (SSSR count). The predicted octanol–water partition coefficient (Wildman–Crippen LogP) is 6.57. The number of nitrogens with zero attached hydrogens (tertiary/aromatic N) is 2. The number of halogens is 3. The lowest BCUT2D eigenvalue weighted by molar-refractivity contribution is -0.140. The predicted molar refractivity (Wildman–Crippen MR) is 168 cm³/mol. The van der Waals surface area contributed by atoms with E-state index in [9.17, 15) is 18.0 Å². The summed E-state index contributed by atoms with van der Waals surface area (Å²) in [4.78, 5) is 28.7. The lowest BCUT2D eigenvalue weighted by Gasteiger charge is -2.34. The van der Waals surface area contributed by atoms with Gasteiger partial charge in [0.1, 0.15) is 18.3 Å². The van der Waals surface area contributed by atoms with Crippen molar-refractivity contribution in [3.8, 4) is 5.75 Å². The van der Waals surface area contributed by atoms with Crippen molar-refractivity contribution in [3.63, 3.8) is 0 Å². The Morgan fingerprint density at radius 1 is 0.905 bits per heavy atom. The Hall–Kier alpha value is -2.98. The van der Waals surface area contributed by atoms with Gasteiger partial charge in [-0.1, -0.05) is 66.8 Å². The number of benzene rings is 3. The van der Waals surface area contributed by atoms with Gasteiger partial charge in [0.15, 0.2) is 0 Å². The zero-order valence-electron chi connectivity index (χ0n) is 23.6. The monoisotopic (exact) mass is 653 g/mol. The van der Waals surface area contributed by atoms with Crippen molar-refractivity contribution >= 4 is 62.3 Å².